The summed E-state index contributed by atoms with van der Waals surface area (Å²) >= 11 is 0. The molecule has 1 fully saturated rings. The van der Waals surface area contributed by atoms with Crippen LogP contribution in [0, 0.1) is 0 Å². The van der Waals surface area contributed by atoms with E-state index in [0.29, 0.717) is 0 Å². The van der Waals surface area contributed by atoms with Crippen molar-refractivity contribution in [3.05, 3.63) is 0 Å². The third kappa shape index (κ3) is 2.01. The van der Waals surface area contributed by atoms with E-state index in [4.69, 9.17) is 9.78 Å². The van der Waals surface area contributed by atoms with Crippen LogP contribution in [0.25, 0.3) is 0 Å². The highest BCUT2D eigenvalue weighted by Crippen LogP contribution is 2.28. The van der Waals surface area contributed by atoms with Gasteiger partial charge in [0.15, 0.2) is 6.29 Å². The summed E-state index contributed by atoms with van der Waals surface area (Å²) in [4.78, 5) is 20.2. The van der Waals surface area contributed by atoms with E-state index in [1.165, 1.54) is 0 Å². The van der Waals surface area contributed by atoms with Crippen molar-refractivity contribution < 1.29 is 14.6 Å². The Morgan fingerprint density at radius 3 is 2.82 bits per heavy atom. The average Bonchev–Trinajstić information content (AvgIpc) is 2.06. The second-order valence-corrected chi connectivity index (χ2v) is 3.20. The van der Waals surface area contributed by atoms with Gasteiger partial charge in [-0.05, 0) is 26.2 Å². The molecule has 1 heterocycles. The van der Waals surface area contributed by atoms with Crippen molar-refractivity contribution in [1.82, 2.24) is 0 Å². The van der Waals surface area contributed by atoms with Gasteiger partial charge in [-0.1, -0.05) is 6.92 Å². The lowest BCUT2D eigenvalue weighted by Crippen LogP contribution is -2.37. The normalized spacial score (nSPS) is 38.5. The predicted molar refractivity (Wildman–Crippen MR) is 40.0 cm³/mol. The van der Waals surface area contributed by atoms with Crippen molar-refractivity contribution in [3.63, 3.8) is 0 Å². The van der Waals surface area contributed by atoms with Gasteiger partial charge < -0.3 is 4.79 Å². The van der Waals surface area contributed by atoms with Crippen LogP contribution in [0.5, 0.6) is 0 Å². The third-order valence-corrected chi connectivity index (χ3v) is 2.23. The standard InChI is InChI=1S/C8H14O3/c1-3-8(2)5-4-7(6-9)10-11-8/h6-7H,3-5H2,1-2H3/t7-,8?/m0/s1. The first kappa shape index (κ1) is 8.68. The maximum Gasteiger partial charge on any atom is 0.152 e. The Morgan fingerprint density at radius 2 is 2.45 bits per heavy atom. The summed E-state index contributed by atoms with van der Waals surface area (Å²) in [5, 5.41) is 0. The topological polar surface area (TPSA) is 35.5 Å². The van der Waals surface area contributed by atoms with Crippen LogP contribution >= 0.6 is 0 Å². The molecule has 11 heavy (non-hydrogen) atoms. The molecule has 3 heteroatoms. The van der Waals surface area contributed by atoms with E-state index >= 15 is 0 Å². The molecule has 1 saturated heterocycles. The minimum absolute atomic E-state index is 0.181. The molecule has 0 spiro atoms. The third-order valence-electron chi connectivity index (χ3n) is 2.23. The molecule has 1 unspecified atom stereocenters. The molecular formula is C8H14O3. The minimum Gasteiger partial charge on any atom is -0.300 e. The summed E-state index contributed by atoms with van der Waals surface area (Å²) in [5.74, 6) is 0. The zero-order chi connectivity index (χ0) is 8.32. The largest absolute Gasteiger partial charge is 0.300 e. The van der Waals surface area contributed by atoms with Gasteiger partial charge >= 0.3 is 0 Å². The Morgan fingerprint density at radius 1 is 1.73 bits per heavy atom. The van der Waals surface area contributed by atoms with Gasteiger partial charge in [0.25, 0.3) is 0 Å². The molecule has 0 aliphatic carbocycles. The first-order valence-corrected chi connectivity index (χ1v) is 4.00. The number of hydrogen-bond donors (Lipinski definition) is 0. The molecule has 0 aromatic carbocycles. The van der Waals surface area contributed by atoms with Gasteiger partial charge in [-0.2, -0.15) is 0 Å². The SMILES string of the molecule is CCC1(C)CC[C@@H](C=O)OO1. The predicted octanol–water partition coefficient (Wildman–Crippen LogP) is 1.46. The number of rotatable bonds is 2. The number of carbonyl (C=O) groups excluding carboxylic acids is 1. The Hall–Kier alpha value is -0.410. The lowest BCUT2D eigenvalue weighted by atomic mass is 9.95. The molecule has 0 radical (unpaired) electrons. The lowest BCUT2D eigenvalue weighted by molar-refractivity contribution is -0.395. The Balaban J connectivity index is 2.40. The first-order chi connectivity index (χ1) is 5.20. The molecule has 0 aromatic rings. The molecule has 3 nitrogen and oxygen atoms in total. The maximum atomic E-state index is 10.3. The molecule has 0 bridgehead atoms. The molecule has 0 amide bonds. The van der Waals surface area contributed by atoms with Gasteiger partial charge in [0, 0.05) is 0 Å². The highest BCUT2D eigenvalue weighted by molar-refractivity contribution is 5.55. The Labute approximate surface area is 66.6 Å². The van der Waals surface area contributed by atoms with Crippen LogP contribution in [0.2, 0.25) is 0 Å². The number of aldehydes is 1. The van der Waals surface area contributed by atoms with E-state index in [0.717, 1.165) is 25.5 Å². The Kier molecular flexibility index (Phi) is 2.62. The van der Waals surface area contributed by atoms with Gasteiger partial charge in [0.1, 0.15) is 11.7 Å². The van der Waals surface area contributed by atoms with Crippen LogP contribution in [0.4, 0.5) is 0 Å². The molecule has 0 N–H and O–H groups in total. The van der Waals surface area contributed by atoms with Gasteiger partial charge in [0.2, 0.25) is 0 Å². The second kappa shape index (κ2) is 3.32. The highest BCUT2D eigenvalue weighted by atomic mass is 17.2. The minimum atomic E-state index is -0.352. The van der Waals surface area contributed by atoms with Gasteiger partial charge in [-0.15, -0.1) is 0 Å². The number of carbonyl (C=O) groups is 1. The van der Waals surface area contributed by atoms with Crippen LogP contribution in [0.15, 0.2) is 0 Å². The van der Waals surface area contributed by atoms with Crippen molar-refractivity contribution >= 4 is 6.29 Å². The fourth-order valence-corrected chi connectivity index (χ4v) is 1.04. The fraction of sp³-hybridized carbons (Fsp3) is 0.875. The van der Waals surface area contributed by atoms with Crippen molar-refractivity contribution in [1.29, 1.82) is 0 Å². The molecular weight excluding hydrogens is 144 g/mol. The summed E-state index contributed by atoms with van der Waals surface area (Å²) in [7, 11) is 0. The number of hydrogen-bond acceptors (Lipinski definition) is 3. The molecule has 0 aromatic heterocycles. The van der Waals surface area contributed by atoms with Crippen LogP contribution < -0.4 is 0 Å². The first-order valence-electron chi connectivity index (χ1n) is 4.00. The van der Waals surface area contributed by atoms with Crippen molar-refractivity contribution in [2.45, 2.75) is 44.8 Å². The van der Waals surface area contributed by atoms with Crippen molar-refractivity contribution in [2.75, 3.05) is 0 Å². The van der Waals surface area contributed by atoms with Gasteiger partial charge in [-0.25, -0.2) is 9.78 Å². The monoisotopic (exact) mass is 158 g/mol. The quantitative estimate of drug-likeness (QED) is 0.451. The summed E-state index contributed by atoms with van der Waals surface area (Å²) in [6.45, 7) is 4.04. The maximum absolute atomic E-state index is 10.3. The summed E-state index contributed by atoms with van der Waals surface area (Å²) in [6.07, 6.45) is 3.02. The Bertz CT molecular complexity index is 136. The molecule has 1 aliphatic rings. The molecule has 2 atom stereocenters. The zero-order valence-corrected chi connectivity index (χ0v) is 7.00. The van der Waals surface area contributed by atoms with E-state index in [2.05, 4.69) is 0 Å². The summed E-state index contributed by atoms with van der Waals surface area (Å²) < 4.78 is 0. The van der Waals surface area contributed by atoms with Crippen LogP contribution in [-0.2, 0) is 14.6 Å². The smallest absolute Gasteiger partial charge is 0.152 e. The zero-order valence-electron chi connectivity index (χ0n) is 7.00. The van der Waals surface area contributed by atoms with E-state index in [1.54, 1.807) is 0 Å². The molecule has 1 rings (SSSR count). The van der Waals surface area contributed by atoms with E-state index < -0.39 is 0 Å². The van der Waals surface area contributed by atoms with Crippen molar-refractivity contribution in [2.24, 2.45) is 0 Å². The highest BCUT2D eigenvalue weighted by Gasteiger charge is 2.31. The van der Waals surface area contributed by atoms with E-state index in [9.17, 15) is 4.79 Å². The van der Waals surface area contributed by atoms with Crippen LogP contribution in [-0.4, -0.2) is 18.0 Å². The van der Waals surface area contributed by atoms with Crippen LogP contribution in [0.3, 0.4) is 0 Å². The van der Waals surface area contributed by atoms with Crippen LogP contribution in [0.1, 0.15) is 33.1 Å². The summed E-state index contributed by atoms with van der Waals surface area (Å²) in [5.41, 5.74) is -0.181. The average molecular weight is 158 g/mol. The van der Waals surface area contributed by atoms with E-state index in [1.807, 2.05) is 13.8 Å². The second-order valence-electron chi connectivity index (χ2n) is 3.20. The molecule has 64 valence electrons. The molecule has 0 saturated carbocycles. The van der Waals surface area contributed by atoms with Gasteiger partial charge in [0.05, 0.1) is 0 Å². The molecule has 1 aliphatic heterocycles. The van der Waals surface area contributed by atoms with Gasteiger partial charge in [-0.3, -0.25) is 0 Å². The fourth-order valence-electron chi connectivity index (χ4n) is 1.04. The summed E-state index contributed by atoms with van der Waals surface area (Å²) in [6, 6.07) is 0. The van der Waals surface area contributed by atoms with E-state index in [-0.39, 0.29) is 11.7 Å². The van der Waals surface area contributed by atoms with Crippen molar-refractivity contribution in [3.8, 4) is 0 Å². The lowest BCUT2D eigenvalue weighted by Gasteiger charge is -2.33.